The summed E-state index contributed by atoms with van der Waals surface area (Å²) in [5.74, 6) is -1.41. The summed E-state index contributed by atoms with van der Waals surface area (Å²) >= 11 is 0. The minimum atomic E-state index is -3.94. The normalized spacial score (nSPS) is 12.5. The van der Waals surface area contributed by atoms with E-state index in [1.165, 1.54) is 12.4 Å². The predicted octanol–water partition coefficient (Wildman–Crippen LogP) is 2.85. The summed E-state index contributed by atoms with van der Waals surface area (Å²) in [4.78, 5) is 27.2. The molecule has 0 aliphatic heterocycles. The van der Waals surface area contributed by atoms with Crippen molar-refractivity contribution < 1.29 is 22.7 Å². The number of rotatable bonds is 17. The molecule has 0 saturated heterocycles. The van der Waals surface area contributed by atoms with Crippen LogP contribution in [0.5, 0.6) is 0 Å². The van der Waals surface area contributed by atoms with Crippen molar-refractivity contribution in [3.8, 4) is 0 Å². The van der Waals surface area contributed by atoms with E-state index in [0.717, 1.165) is 16.7 Å². The lowest BCUT2D eigenvalue weighted by Gasteiger charge is -2.23. The lowest BCUT2D eigenvalue weighted by Crippen LogP contribution is -2.53. The molecule has 0 aliphatic carbocycles. The van der Waals surface area contributed by atoms with Crippen LogP contribution in [0.2, 0.25) is 0 Å². The Hall–Kier alpha value is -5.07. The Kier molecular flexibility index (Phi) is 12.6. The van der Waals surface area contributed by atoms with E-state index in [4.69, 9.17) is 11.1 Å². The van der Waals surface area contributed by atoms with Crippen molar-refractivity contribution >= 4 is 27.7 Å². The molecule has 1 heterocycles. The van der Waals surface area contributed by atoms with E-state index in [1.54, 1.807) is 66.7 Å². The van der Waals surface area contributed by atoms with Crippen molar-refractivity contribution in [2.24, 2.45) is 5.73 Å². The Morgan fingerprint density at radius 2 is 1.40 bits per heavy atom. The molecule has 1 aromatic heterocycles. The maximum Gasteiger partial charge on any atom is 0.242 e. The Morgan fingerprint density at radius 1 is 0.766 bits per heavy atom. The maximum atomic E-state index is 13.8. The molecular weight excluding hydrogens is 616 g/mol. The average molecular weight is 657 g/mol. The number of aryl methyl sites for hydroxylation is 2. The number of benzene rings is 3. The van der Waals surface area contributed by atoms with Gasteiger partial charge in [0.25, 0.3) is 0 Å². The molecule has 246 valence electrons. The highest BCUT2D eigenvalue weighted by atomic mass is 32.2. The van der Waals surface area contributed by atoms with Crippen LogP contribution in [0.15, 0.2) is 109 Å². The molecule has 3 aromatic carbocycles. The number of nitrogens with two attached hydrogens (primary N) is 1. The third kappa shape index (κ3) is 11.7. The molecule has 0 bridgehead atoms. The van der Waals surface area contributed by atoms with Crippen molar-refractivity contribution in [1.82, 2.24) is 15.4 Å². The number of nitrogens with zero attached hydrogens (tertiary/aromatic N) is 1. The largest absolute Gasteiger partial charge is 0.619 e. The fourth-order valence-electron chi connectivity index (χ4n) is 5.07. The molecule has 0 saturated carbocycles. The van der Waals surface area contributed by atoms with Gasteiger partial charge in [-0.3, -0.25) is 15.0 Å². The zero-order valence-corrected chi connectivity index (χ0v) is 26.8. The molecule has 0 spiro atoms. The smallest absolute Gasteiger partial charge is 0.242 e. The first-order chi connectivity index (χ1) is 22.6. The van der Waals surface area contributed by atoms with Crippen LogP contribution < -0.4 is 25.8 Å². The molecule has 4 rings (SSSR count). The lowest BCUT2D eigenvalue weighted by molar-refractivity contribution is -0.605. The van der Waals surface area contributed by atoms with E-state index in [9.17, 15) is 23.2 Å². The Balaban J connectivity index is 1.49. The first kappa shape index (κ1) is 34.8. The summed E-state index contributed by atoms with van der Waals surface area (Å²) in [5.41, 5.74) is 9.19. The molecular formula is C35H40N6O5S. The Morgan fingerprint density at radius 3 is 2.04 bits per heavy atom. The zero-order chi connectivity index (χ0) is 33.6. The van der Waals surface area contributed by atoms with Crippen LogP contribution in [0, 0.1) is 10.6 Å². The average Bonchev–Trinajstić information content (AvgIpc) is 3.06. The second kappa shape index (κ2) is 17.0. The van der Waals surface area contributed by atoms with Gasteiger partial charge in [0.05, 0.1) is 5.75 Å². The van der Waals surface area contributed by atoms with Crippen molar-refractivity contribution in [2.75, 3.05) is 0 Å². The van der Waals surface area contributed by atoms with Gasteiger partial charge in [-0.15, -0.1) is 0 Å². The van der Waals surface area contributed by atoms with Crippen LogP contribution in [-0.4, -0.2) is 38.2 Å². The number of pyridine rings is 1. The van der Waals surface area contributed by atoms with Gasteiger partial charge in [0.15, 0.2) is 12.4 Å². The second-order valence-corrected chi connectivity index (χ2v) is 13.0. The number of sulfonamides is 1. The Labute approximate surface area is 275 Å². The molecule has 2 atom stereocenters. The van der Waals surface area contributed by atoms with E-state index in [0.29, 0.717) is 35.1 Å². The zero-order valence-electron chi connectivity index (χ0n) is 26.0. The van der Waals surface area contributed by atoms with Gasteiger partial charge in [-0.2, -0.15) is 4.73 Å². The first-order valence-corrected chi connectivity index (χ1v) is 17.0. The lowest BCUT2D eigenvalue weighted by atomic mass is 10.0. The van der Waals surface area contributed by atoms with Gasteiger partial charge in [0, 0.05) is 23.7 Å². The number of carbonyl (C=O) groups is 2. The van der Waals surface area contributed by atoms with E-state index < -0.39 is 33.9 Å². The quantitative estimate of drug-likeness (QED) is 0.0504. The van der Waals surface area contributed by atoms with E-state index in [2.05, 4.69) is 15.4 Å². The van der Waals surface area contributed by atoms with Crippen LogP contribution in [0.3, 0.4) is 0 Å². The number of aromatic nitrogens is 1. The maximum absolute atomic E-state index is 13.8. The number of nitrogen functional groups attached to an aromatic ring is 1. The van der Waals surface area contributed by atoms with Crippen LogP contribution in [0.4, 0.5) is 0 Å². The van der Waals surface area contributed by atoms with E-state index >= 15 is 0 Å². The number of carbonyl (C=O) groups excluding carboxylic acids is 2. The number of amidine groups is 1. The van der Waals surface area contributed by atoms with Gasteiger partial charge < -0.3 is 21.6 Å². The van der Waals surface area contributed by atoms with Gasteiger partial charge in [-0.25, -0.2) is 13.1 Å². The molecule has 12 heteroatoms. The van der Waals surface area contributed by atoms with Crippen molar-refractivity contribution in [3.05, 3.63) is 142 Å². The minimum absolute atomic E-state index is 0.0592. The summed E-state index contributed by atoms with van der Waals surface area (Å²) in [7, 11) is -3.94. The molecule has 2 amide bonds. The van der Waals surface area contributed by atoms with Gasteiger partial charge in [-0.05, 0) is 54.9 Å². The van der Waals surface area contributed by atoms with Gasteiger partial charge >= 0.3 is 0 Å². The molecule has 0 aliphatic rings. The SMILES string of the molecule is N=C(N)c1ccc(CNC(=O)C(CCc2ccccc2)NC(=O)C(CCCc2ccc[n+]([O-])c2)NS(=O)(=O)Cc2ccccc2)cc1. The highest BCUT2D eigenvalue weighted by molar-refractivity contribution is 7.88. The van der Waals surface area contributed by atoms with E-state index in [-0.39, 0.29) is 31.0 Å². The third-order valence-electron chi connectivity index (χ3n) is 7.56. The highest BCUT2D eigenvalue weighted by Gasteiger charge is 2.29. The monoisotopic (exact) mass is 656 g/mol. The second-order valence-electron chi connectivity index (χ2n) is 11.3. The predicted molar refractivity (Wildman–Crippen MR) is 180 cm³/mol. The van der Waals surface area contributed by atoms with Gasteiger partial charge in [0.1, 0.15) is 17.9 Å². The summed E-state index contributed by atoms with van der Waals surface area (Å²) in [6, 6.07) is 26.4. The van der Waals surface area contributed by atoms with E-state index in [1.807, 2.05) is 30.3 Å². The highest BCUT2D eigenvalue weighted by Crippen LogP contribution is 2.12. The van der Waals surface area contributed by atoms with Gasteiger partial charge in [-0.1, -0.05) is 84.9 Å². The molecule has 47 heavy (non-hydrogen) atoms. The summed E-state index contributed by atoms with van der Waals surface area (Å²) in [6.07, 6.45) is 4.59. The minimum Gasteiger partial charge on any atom is -0.619 e. The van der Waals surface area contributed by atoms with Crippen molar-refractivity contribution in [1.29, 1.82) is 5.41 Å². The van der Waals surface area contributed by atoms with Crippen LogP contribution in [0.25, 0.3) is 0 Å². The third-order valence-corrected chi connectivity index (χ3v) is 8.92. The molecule has 0 radical (unpaired) electrons. The molecule has 11 nitrogen and oxygen atoms in total. The molecule has 0 fully saturated rings. The molecule has 6 N–H and O–H groups in total. The van der Waals surface area contributed by atoms with Crippen molar-refractivity contribution in [3.63, 3.8) is 0 Å². The van der Waals surface area contributed by atoms with Crippen molar-refractivity contribution in [2.45, 2.75) is 56.5 Å². The number of nitrogens with one attached hydrogen (secondary N) is 4. The van der Waals surface area contributed by atoms with Crippen LogP contribution in [-0.2, 0) is 44.8 Å². The van der Waals surface area contributed by atoms with Crippen LogP contribution in [0.1, 0.15) is 47.1 Å². The fourth-order valence-corrected chi connectivity index (χ4v) is 6.44. The summed E-state index contributed by atoms with van der Waals surface area (Å²) in [5, 5.41) is 25.0. The number of amides is 2. The first-order valence-electron chi connectivity index (χ1n) is 15.3. The number of hydrogen-bond donors (Lipinski definition) is 5. The van der Waals surface area contributed by atoms with Crippen LogP contribution >= 0.6 is 0 Å². The molecule has 4 aromatic rings. The summed E-state index contributed by atoms with van der Waals surface area (Å²) < 4.78 is 29.7. The Bertz CT molecular complexity index is 1740. The topological polar surface area (TPSA) is 181 Å². The standard InChI is InChI=1S/C35H40N6O5S/c36-33(37)30-19-16-27(17-20-30)23-38-34(42)31(21-18-26-9-3-1-4-10-26)39-35(43)32(15-7-13-28-14-8-22-41(44)24-28)40-47(45,46)25-29-11-5-2-6-12-29/h1-6,8-12,14,16-17,19-20,22,24,31-32,40H,7,13,15,18,21,23,25H2,(H3,36,37)(H,38,42)(H,39,43). The molecule has 2 unspecified atom stereocenters. The van der Waals surface area contributed by atoms with Gasteiger partial charge in [0.2, 0.25) is 21.8 Å². The fraction of sp³-hybridized carbons (Fsp3) is 0.257. The summed E-state index contributed by atoms with van der Waals surface area (Å²) in [6.45, 7) is 0.179. The number of hydrogen-bond acceptors (Lipinski definition) is 6.